The largest absolute Gasteiger partial charge is 0.468 e. The molecule has 0 aromatic heterocycles. The Hall–Kier alpha value is -1.73. The van der Waals surface area contributed by atoms with E-state index in [9.17, 15) is 14.4 Å². The summed E-state index contributed by atoms with van der Waals surface area (Å²) in [6.45, 7) is -0.327. The van der Waals surface area contributed by atoms with Gasteiger partial charge in [0.15, 0.2) is 0 Å². The van der Waals surface area contributed by atoms with E-state index in [1.54, 1.807) is 18.2 Å². The lowest BCUT2D eigenvalue weighted by molar-refractivity contribution is -0.141. The second-order valence-electron chi connectivity index (χ2n) is 4.59. The van der Waals surface area contributed by atoms with Crippen molar-refractivity contribution in [3.05, 3.63) is 34.9 Å². The summed E-state index contributed by atoms with van der Waals surface area (Å²) in [5.74, 6) is -0.764. The molecule has 2 amide bonds. The van der Waals surface area contributed by atoms with Crippen molar-refractivity contribution in [3.8, 4) is 0 Å². The molecule has 1 aromatic carbocycles. The van der Waals surface area contributed by atoms with Crippen LogP contribution >= 0.6 is 23.4 Å². The van der Waals surface area contributed by atoms with Gasteiger partial charge < -0.3 is 15.0 Å². The molecule has 118 valence electrons. The summed E-state index contributed by atoms with van der Waals surface area (Å²) in [4.78, 5) is 36.3. The highest BCUT2D eigenvalue weighted by atomic mass is 35.5. The minimum Gasteiger partial charge on any atom is -0.468 e. The fraction of sp³-hybridized carbons (Fsp3) is 0.357. The molecule has 1 aliphatic heterocycles. The van der Waals surface area contributed by atoms with Gasteiger partial charge in [-0.3, -0.25) is 14.4 Å². The van der Waals surface area contributed by atoms with E-state index in [1.807, 2.05) is 6.07 Å². The number of halogens is 1. The van der Waals surface area contributed by atoms with Crippen LogP contribution in [0, 0.1) is 0 Å². The fourth-order valence-electron chi connectivity index (χ4n) is 2.01. The number of methoxy groups -OCH3 is 1. The van der Waals surface area contributed by atoms with Crippen molar-refractivity contribution < 1.29 is 19.1 Å². The van der Waals surface area contributed by atoms with Crippen LogP contribution in [0.4, 0.5) is 0 Å². The first kappa shape index (κ1) is 16.6. The van der Waals surface area contributed by atoms with Gasteiger partial charge in [-0.15, -0.1) is 11.8 Å². The SMILES string of the molecule is COC(=O)CNC(=O)CN1C(=O)CSC1c1cccc(Cl)c1. The number of carbonyl (C=O) groups is 3. The summed E-state index contributed by atoms with van der Waals surface area (Å²) < 4.78 is 4.44. The number of carbonyl (C=O) groups excluding carboxylic acids is 3. The van der Waals surface area contributed by atoms with Gasteiger partial charge in [-0.05, 0) is 17.7 Å². The molecule has 1 fully saturated rings. The van der Waals surface area contributed by atoms with Crippen LogP contribution in [-0.2, 0) is 19.1 Å². The summed E-state index contributed by atoms with van der Waals surface area (Å²) in [5.41, 5.74) is 0.865. The van der Waals surface area contributed by atoms with Crippen LogP contribution in [0.5, 0.6) is 0 Å². The first-order chi connectivity index (χ1) is 10.5. The molecule has 1 unspecified atom stereocenters. The number of amides is 2. The van der Waals surface area contributed by atoms with Gasteiger partial charge in [-0.2, -0.15) is 0 Å². The topological polar surface area (TPSA) is 75.7 Å². The second-order valence-corrected chi connectivity index (χ2v) is 6.10. The highest BCUT2D eigenvalue weighted by Crippen LogP contribution is 2.38. The number of benzene rings is 1. The Kier molecular flexibility index (Phi) is 5.68. The summed E-state index contributed by atoms with van der Waals surface area (Å²) >= 11 is 7.41. The fourth-order valence-corrected chi connectivity index (χ4v) is 3.39. The number of nitrogens with zero attached hydrogens (tertiary/aromatic N) is 1. The number of hydrogen-bond donors (Lipinski definition) is 1. The van der Waals surface area contributed by atoms with Gasteiger partial charge >= 0.3 is 5.97 Å². The first-order valence-corrected chi connectivity index (χ1v) is 7.94. The van der Waals surface area contributed by atoms with Crippen molar-refractivity contribution in [1.82, 2.24) is 10.2 Å². The maximum absolute atomic E-state index is 12.0. The molecule has 1 aromatic rings. The number of rotatable bonds is 5. The molecule has 0 bridgehead atoms. The molecule has 22 heavy (non-hydrogen) atoms. The lowest BCUT2D eigenvalue weighted by atomic mass is 10.2. The van der Waals surface area contributed by atoms with Crippen LogP contribution in [0.25, 0.3) is 0 Å². The van der Waals surface area contributed by atoms with E-state index in [0.29, 0.717) is 10.8 Å². The van der Waals surface area contributed by atoms with Crippen molar-refractivity contribution in [1.29, 1.82) is 0 Å². The molecular weight excluding hydrogens is 328 g/mol. The Bertz CT molecular complexity index is 596. The minimum atomic E-state index is -0.540. The zero-order chi connectivity index (χ0) is 16.1. The highest BCUT2D eigenvalue weighted by molar-refractivity contribution is 8.00. The van der Waals surface area contributed by atoms with E-state index in [-0.39, 0.29) is 24.4 Å². The Morgan fingerprint density at radius 1 is 1.50 bits per heavy atom. The van der Waals surface area contributed by atoms with Crippen LogP contribution in [0.1, 0.15) is 10.9 Å². The van der Waals surface area contributed by atoms with Crippen LogP contribution in [0.3, 0.4) is 0 Å². The molecule has 1 N–H and O–H groups in total. The number of esters is 1. The molecule has 0 aliphatic carbocycles. The third kappa shape index (κ3) is 4.14. The van der Waals surface area contributed by atoms with E-state index in [0.717, 1.165) is 5.56 Å². The lowest BCUT2D eigenvalue weighted by Gasteiger charge is -2.23. The van der Waals surface area contributed by atoms with Crippen LogP contribution < -0.4 is 5.32 Å². The third-order valence-corrected chi connectivity index (χ3v) is 4.56. The van der Waals surface area contributed by atoms with Crippen molar-refractivity contribution in [3.63, 3.8) is 0 Å². The van der Waals surface area contributed by atoms with Gasteiger partial charge in [-0.1, -0.05) is 23.7 Å². The molecule has 1 saturated heterocycles. The summed E-state index contributed by atoms with van der Waals surface area (Å²) in [7, 11) is 1.24. The van der Waals surface area contributed by atoms with Gasteiger partial charge in [0.05, 0.1) is 12.9 Å². The van der Waals surface area contributed by atoms with Gasteiger partial charge in [0.1, 0.15) is 18.5 Å². The van der Waals surface area contributed by atoms with Crippen molar-refractivity contribution in [2.24, 2.45) is 0 Å². The Morgan fingerprint density at radius 2 is 2.27 bits per heavy atom. The Morgan fingerprint density at radius 3 is 2.95 bits per heavy atom. The molecule has 0 saturated carbocycles. The molecule has 1 atom stereocenters. The summed E-state index contributed by atoms with van der Waals surface area (Å²) in [6, 6.07) is 7.19. The Labute approximate surface area is 137 Å². The van der Waals surface area contributed by atoms with Crippen molar-refractivity contribution in [2.45, 2.75) is 5.37 Å². The second kappa shape index (κ2) is 7.51. The summed E-state index contributed by atoms with van der Waals surface area (Å²) in [5, 5.41) is 2.74. The molecule has 0 spiro atoms. The predicted octanol–water partition coefficient (Wildman–Crippen LogP) is 1.20. The first-order valence-electron chi connectivity index (χ1n) is 6.51. The molecule has 1 aliphatic rings. The monoisotopic (exact) mass is 342 g/mol. The average molecular weight is 343 g/mol. The van der Waals surface area contributed by atoms with E-state index in [1.165, 1.54) is 23.8 Å². The molecule has 2 rings (SSSR count). The minimum absolute atomic E-state index is 0.111. The van der Waals surface area contributed by atoms with E-state index in [4.69, 9.17) is 11.6 Å². The number of nitrogens with one attached hydrogen (secondary N) is 1. The van der Waals surface area contributed by atoms with Crippen LogP contribution in [0.15, 0.2) is 24.3 Å². The van der Waals surface area contributed by atoms with Gasteiger partial charge in [0, 0.05) is 5.02 Å². The predicted molar refractivity (Wildman–Crippen MR) is 83.4 cm³/mol. The van der Waals surface area contributed by atoms with Gasteiger partial charge in [0.25, 0.3) is 0 Å². The molecule has 1 heterocycles. The molecular formula is C14H15ClN2O4S. The molecule has 8 heteroatoms. The van der Waals surface area contributed by atoms with E-state index < -0.39 is 11.9 Å². The van der Waals surface area contributed by atoms with Crippen molar-refractivity contribution in [2.75, 3.05) is 26.0 Å². The number of ether oxygens (including phenoxy) is 1. The zero-order valence-electron chi connectivity index (χ0n) is 11.9. The lowest BCUT2D eigenvalue weighted by Crippen LogP contribution is -2.41. The third-order valence-electron chi connectivity index (χ3n) is 3.07. The quantitative estimate of drug-likeness (QED) is 0.814. The molecule has 6 nitrogen and oxygen atoms in total. The standard InChI is InChI=1S/C14H15ClN2O4S/c1-21-13(20)6-16-11(18)7-17-12(19)8-22-14(17)9-3-2-4-10(15)5-9/h2-5,14H,6-8H2,1H3,(H,16,18). The maximum Gasteiger partial charge on any atom is 0.325 e. The van der Waals surface area contributed by atoms with E-state index >= 15 is 0 Å². The van der Waals surface area contributed by atoms with Crippen molar-refractivity contribution >= 4 is 41.1 Å². The average Bonchev–Trinajstić information content (AvgIpc) is 2.86. The maximum atomic E-state index is 12.0. The Balaban J connectivity index is 2.02. The van der Waals surface area contributed by atoms with E-state index in [2.05, 4.69) is 10.1 Å². The molecule has 0 radical (unpaired) electrons. The smallest absolute Gasteiger partial charge is 0.325 e. The number of thioether (sulfide) groups is 1. The highest BCUT2D eigenvalue weighted by Gasteiger charge is 2.34. The van der Waals surface area contributed by atoms with Crippen LogP contribution in [0.2, 0.25) is 5.02 Å². The van der Waals surface area contributed by atoms with Gasteiger partial charge in [-0.25, -0.2) is 0 Å². The van der Waals surface area contributed by atoms with Gasteiger partial charge in [0.2, 0.25) is 11.8 Å². The number of hydrogen-bond acceptors (Lipinski definition) is 5. The zero-order valence-corrected chi connectivity index (χ0v) is 13.4. The normalized spacial score (nSPS) is 17.5. The van der Waals surface area contributed by atoms with Crippen LogP contribution in [-0.4, -0.2) is 48.6 Å². The summed E-state index contributed by atoms with van der Waals surface area (Å²) in [6.07, 6.45) is 0.